The Morgan fingerprint density at radius 3 is 2.82 bits per heavy atom. The number of nitrogens with two attached hydrogens (primary N) is 1. The minimum Gasteiger partial charge on any atom is -0.472 e. The van der Waals surface area contributed by atoms with Gasteiger partial charge in [-0.3, -0.25) is 14.9 Å². The lowest BCUT2D eigenvalue weighted by Crippen LogP contribution is -2.29. The number of aromatic amines is 1. The van der Waals surface area contributed by atoms with Crippen LogP contribution in [0.2, 0.25) is 0 Å². The second-order valence-electron chi connectivity index (χ2n) is 10.4. The highest BCUT2D eigenvalue weighted by molar-refractivity contribution is 6.12. The molecule has 0 saturated carbocycles. The fourth-order valence-electron chi connectivity index (χ4n) is 5.59. The average Bonchev–Trinajstić information content (AvgIpc) is 3.62. The summed E-state index contributed by atoms with van der Waals surface area (Å²) in [6.07, 6.45) is 17.5. The zero-order valence-electron chi connectivity index (χ0n) is 21.7. The molecular formula is C30H30N8O. The molecule has 9 heteroatoms. The number of piperidine rings is 1. The van der Waals surface area contributed by atoms with E-state index in [4.69, 9.17) is 20.1 Å². The topological polar surface area (TPSA) is 121 Å². The number of hydrogen-bond acceptors (Lipinski definition) is 8. The van der Waals surface area contributed by atoms with Gasteiger partial charge in [-0.1, -0.05) is 12.5 Å². The third-order valence-corrected chi connectivity index (χ3v) is 7.58. The molecule has 7 rings (SSSR count). The minimum atomic E-state index is 0.574. The number of likely N-dealkylation sites (tertiary alicyclic amines) is 1. The van der Waals surface area contributed by atoms with Crippen LogP contribution in [0.15, 0.2) is 76.7 Å². The SMILES string of the molecule is NC1=CC=C(c2ccoc2)c2nc(C3=NNCc4cnc(-c5cncc(CN6CCCCC6)c5)cc43)[nH]c2C1. The van der Waals surface area contributed by atoms with Crippen molar-refractivity contribution in [2.75, 3.05) is 13.1 Å². The number of hydrogen-bond donors (Lipinski definition) is 3. The number of pyridine rings is 2. The van der Waals surface area contributed by atoms with Crippen molar-refractivity contribution in [2.45, 2.75) is 38.8 Å². The number of rotatable bonds is 5. The van der Waals surface area contributed by atoms with Crippen LogP contribution < -0.4 is 11.2 Å². The fraction of sp³-hybridized carbons (Fsp3) is 0.267. The van der Waals surface area contributed by atoms with E-state index < -0.39 is 0 Å². The van der Waals surface area contributed by atoms with Crippen LogP contribution in [0.4, 0.5) is 0 Å². The number of furan rings is 1. The predicted molar refractivity (Wildman–Crippen MR) is 149 cm³/mol. The molecule has 39 heavy (non-hydrogen) atoms. The molecule has 0 unspecified atom stereocenters. The molecule has 0 aromatic carbocycles. The van der Waals surface area contributed by atoms with Crippen LogP contribution in [0.3, 0.4) is 0 Å². The first-order valence-electron chi connectivity index (χ1n) is 13.5. The second kappa shape index (κ2) is 9.99. The van der Waals surface area contributed by atoms with Crippen molar-refractivity contribution >= 4 is 11.3 Å². The van der Waals surface area contributed by atoms with Gasteiger partial charge in [-0.15, -0.1) is 0 Å². The number of nitrogens with one attached hydrogen (secondary N) is 2. The average molecular weight is 519 g/mol. The van der Waals surface area contributed by atoms with Crippen molar-refractivity contribution in [2.24, 2.45) is 10.8 Å². The normalized spacial score (nSPS) is 17.3. The van der Waals surface area contributed by atoms with E-state index in [1.165, 1.54) is 24.8 Å². The Hall–Kier alpha value is -4.50. The van der Waals surface area contributed by atoms with Crippen LogP contribution in [0.5, 0.6) is 0 Å². The van der Waals surface area contributed by atoms with Crippen LogP contribution in [-0.2, 0) is 19.5 Å². The smallest absolute Gasteiger partial charge is 0.159 e. The quantitative estimate of drug-likeness (QED) is 0.363. The molecule has 4 aromatic rings. The molecule has 196 valence electrons. The molecule has 3 aliphatic rings. The molecule has 1 saturated heterocycles. The number of nitrogens with zero attached hydrogens (tertiary/aromatic N) is 5. The van der Waals surface area contributed by atoms with Gasteiger partial charge >= 0.3 is 0 Å². The molecule has 1 fully saturated rings. The summed E-state index contributed by atoms with van der Waals surface area (Å²) >= 11 is 0. The van der Waals surface area contributed by atoms with Crippen molar-refractivity contribution in [1.29, 1.82) is 0 Å². The maximum Gasteiger partial charge on any atom is 0.159 e. The Labute approximate surface area is 226 Å². The summed E-state index contributed by atoms with van der Waals surface area (Å²) in [6.45, 7) is 3.83. The number of hydrazone groups is 1. The number of imidazole rings is 1. The molecule has 4 aromatic heterocycles. The number of H-pyrrole nitrogens is 1. The Balaban J connectivity index is 1.23. The van der Waals surface area contributed by atoms with Crippen molar-refractivity contribution in [1.82, 2.24) is 30.3 Å². The summed E-state index contributed by atoms with van der Waals surface area (Å²) in [7, 11) is 0. The molecule has 2 aliphatic heterocycles. The Morgan fingerprint density at radius 1 is 1.03 bits per heavy atom. The van der Waals surface area contributed by atoms with Crippen molar-refractivity contribution in [3.63, 3.8) is 0 Å². The summed E-state index contributed by atoms with van der Waals surface area (Å²) < 4.78 is 5.35. The number of aromatic nitrogens is 4. The van der Waals surface area contributed by atoms with Gasteiger partial charge in [0.1, 0.15) is 5.71 Å². The third kappa shape index (κ3) is 4.66. The highest BCUT2D eigenvalue weighted by atomic mass is 16.3. The van der Waals surface area contributed by atoms with E-state index in [1.54, 1.807) is 12.5 Å². The highest BCUT2D eigenvalue weighted by Crippen LogP contribution is 2.31. The van der Waals surface area contributed by atoms with Crippen LogP contribution in [-0.4, -0.2) is 43.6 Å². The first-order valence-corrected chi connectivity index (χ1v) is 13.5. The van der Waals surface area contributed by atoms with Gasteiger partial charge in [-0.25, -0.2) is 4.98 Å². The molecule has 0 atom stereocenters. The molecular weight excluding hydrogens is 488 g/mol. The Morgan fingerprint density at radius 2 is 1.95 bits per heavy atom. The third-order valence-electron chi connectivity index (χ3n) is 7.58. The Kier molecular flexibility index (Phi) is 6.05. The molecule has 9 nitrogen and oxygen atoms in total. The summed E-state index contributed by atoms with van der Waals surface area (Å²) in [6, 6.07) is 6.24. The Bertz CT molecular complexity index is 1610. The lowest BCUT2D eigenvalue weighted by Gasteiger charge is -2.26. The van der Waals surface area contributed by atoms with Crippen LogP contribution in [0.25, 0.3) is 16.8 Å². The van der Waals surface area contributed by atoms with E-state index in [0.717, 1.165) is 76.0 Å². The van der Waals surface area contributed by atoms with E-state index in [1.807, 2.05) is 36.8 Å². The second-order valence-corrected chi connectivity index (χ2v) is 10.4. The standard InChI is InChI=1S/C30H30N8O/c31-23-4-5-24(20-6-9-39-18-20)28-27(11-23)35-30(36-28)29-25-12-26(33-15-22(25)16-34-37-29)21-10-19(13-32-14-21)17-38-7-2-1-3-8-38/h4-6,9-10,12-15,18,34H,1-3,7-8,11,16-17,31H2,(H,35,36). The van der Waals surface area contributed by atoms with E-state index >= 15 is 0 Å². The van der Waals surface area contributed by atoms with Gasteiger partial charge in [0.25, 0.3) is 0 Å². The lowest BCUT2D eigenvalue weighted by molar-refractivity contribution is 0.220. The summed E-state index contributed by atoms with van der Waals surface area (Å²) in [5, 5.41) is 4.68. The molecule has 0 bridgehead atoms. The number of allylic oxidation sites excluding steroid dienone is 3. The van der Waals surface area contributed by atoms with E-state index in [0.29, 0.717) is 18.8 Å². The van der Waals surface area contributed by atoms with Crippen LogP contribution >= 0.6 is 0 Å². The predicted octanol–water partition coefficient (Wildman–Crippen LogP) is 4.13. The molecule has 6 heterocycles. The monoisotopic (exact) mass is 518 g/mol. The van der Waals surface area contributed by atoms with Crippen molar-refractivity contribution in [3.05, 3.63) is 107 Å². The van der Waals surface area contributed by atoms with Crippen molar-refractivity contribution in [3.8, 4) is 11.3 Å². The van der Waals surface area contributed by atoms with Crippen LogP contribution in [0.1, 0.15) is 58.7 Å². The maximum atomic E-state index is 6.27. The lowest BCUT2D eigenvalue weighted by atomic mass is 10.00. The van der Waals surface area contributed by atoms with Gasteiger partial charge in [-0.05, 0) is 55.8 Å². The molecule has 0 spiro atoms. The highest BCUT2D eigenvalue weighted by Gasteiger charge is 2.25. The zero-order chi connectivity index (χ0) is 26.2. The molecule has 4 N–H and O–H groups in total. The van der Waals surface area contributed by atoms with Crippen molar-refractivity contribution < 1.29 is 4.42 Å². The molecule has 0 amide bonds. The van der Waals surface area contributed by atoms with E-state index in [-0.39, 0.29) is 0 Å². The zero-order valence-corrected chi connectivity index (χ0v) is 21.7. The summed E-state index contributed by atoms with van der Waals surface area (Å²) in [5.41, 5.74) is 19.8. The molecule has 0 radical (unpaired) electrons. The summed E-state index contributed by atoms with van der Waals surface area (Å²) in [5.74, 6) is 0.687. The maximum absolute atomic E-state index is 6.27. The van der Waals surface area contributed by atoms with E-state index in [9.17, 15) is 0 Å². The van der Waals surface area contributed by atoms with Gasteiger partial charge < -0.3 is 20.6 Å². The van der Waals surface area contributed by atoms with Gasteiger partial charge in [0, 0.05) is 70.8 Å². The van der Waals surface area contributed by atoms with Gasteiger partial charge in [0.05, 0.1) is 30.5 Å². The number of fused-ring (bicyclic) bond motifs is 2. The first kappa shape index (κ1) is 23.6. The molecule has 1 aliphatic carbocycles. The summed E-state index contributed by atoms with van der Waals surface area (Å²) in [4.78, 5) is 20.4. The van der Waals surface area contributed by atoms with Gasteiger partial charge in [0.2, 0.25) is 0 Å². The largest absolute Gasteiger partial charge is 0.472 e. The fourth-order valence-corrected chi connectivity index (χ4v) is 5.59. The van der Waals surface area contributed by atoms with Gasteiger partial charge in [-0.2, -0.15) is 5.10 Å². The minimum absolute atomic E-state index is 0.574. The van der Waals surface area contributed by atoms with Gasteiger partial charge in [0.15, 0.2) is 5.82 Å². The van der Waals surface area contributed by atoms with E-state index in [2.05, 4.69) is 37.5 Å². The van der Waals surface area contributed by atoms with Crippen LogP contribution in [0, 0.1) is 0 Å². The first-order chi connectivity index (χ1) is 19.2.